The van der Waals surface area contributed by atoms with Gasteiger partial charge in [0, 0.05) is 6.42 Å². The topological polar surface area (TPSA) is 29.1 Å². The van der Waals surface area contributed by atoms with Crippen molar-refractivity contribution >= 4 is 29.9 Å². The SMILES string of the molecule is CC(NC(=O)CCS)c1ccsc1. The Morgan fingerprint density at radius 2 is 2.54 bits per heavy atom. The van der Waals surface area contributed by atoms with Crippen molar-refractivity contribution in [1.82, 2.24) is 5.32 Å². The molecule has 0 saturated heterocycles. The third kappa shape index (κ3) is 3.40. The molecule has 0 aliphatic rings. The highest BCUT2D eigenvalue weighted by atomic mass is 32.1. The van der Waals surface area contributed by atoms with Crippen molar-refractivity contribution in [1.29, 1.82) is 0 Å². The van der Waals surface area contributed by atoms with Gasteiger partial charge in [0.25, 0.3) is 0 Å². The van der Waals surface area contributed by atoms with E-state index in [1.807, 2.05) is 23.8 Å². The monoisotopic (exact) mass is 215 g/mol. The lowest BCUT2D eigenvalue weighted by atomic mass is 10.2. The summed E-state index contributed by atoms with van der Waals surface area (Å²) in [7, 11) is 0. The number of thiophene rings is 1. The fourth-order valence-electron chi connectivity index (χ4n) is 1.02. The van der Waals surface area contributed by atoms with Gasteiger partial charge in [0.1, 0.15) is 0 Å². The number of nitrogens with one attached hydrogen (secondary N) is 1. The smallest absolute Gasteiger partial charge is 0.221 e. The maximum absolute atomic E-state index is 11.2. The van der Waals surface area contributed by atoms with Crippen LogP contribution in [0.2, 0.25) is 0 Å². The fourth-order valence-corrected chi connectivity index (χ4v) is 1.98. The minimum Gasteiger partial charge on any atom is -0.350 e. The predicted molar refractivity (Wildman–Crippen MR) is 59.3 cm³/mol. The van der Waals surface area contributed by atoms with E-state index in [2.05, 4.69) is 17.9 Å². The van der Waals surface area contributed by atoms with E-state index in [0.29, 0.717) is 12.2 Å². The summed E-state index contributed by atoms with van der Waals surface area (Å²) in [5, 5.41) is 6.96. The summed E-state index contributed by atoms with van der Waals surface area (Å²) in [5.41, 5.74) is 1.16. The molecule has 1 amide bonds. The van der Waals surface area contributed by atoms with Crippen molar-refractivity contribution in [3.8, 4) is 0 Å². The van der Waals surface area contributed by atoms with Crippen molar-refractivity contribution in [2.24, 2.45) is 0 Å². The van der Waals surface area contributed by atoms with E-state index in [0.717, 1.165) is 5.56 Å². The average molecular weight is 215 g/mol. The molecular formula is C9H13NOS2. The Hall–Kier alpha value is -0.480. The summed E-state index contributed by atoms with van der Waals surface area (Å²) < 4.78 is 0. The Morgan fingerprint density at radius 3 is 3.08 bits per heavy atom. The van der Waals surface area contributed by atoms with Gasteiger partial charge in [-0.15, -0.1) is 0 Å². The van der Waals surface area contributed by atoms with Crippen LogP contribution in [0.25, 0.3) is 0 Å². The van der Waals surface area contributed by atoms with Gasteiger partial charge in [-0.2, -0.15) is 24.0 Å². The first kappa shape index (κ1) is 10.6. The van der Waals surface area contributed by atoms with Crippen LogP contribution in [-0.2, 0) is 4.79 Å². The van der Waals surface area contributed by atoms with Gasteiger partial charge in [0.05, 0.1) is 6.04 Å². The first-order valence-electron chi connectivity index (χ1n) is 4.16. The molecule has 1 N–H and O–H groups in total. The van der Waals surface area contributed by atoms with E-state index in [1.54, 1.807) is 11.3 Å². The van der Waals surface area contributed by atoms with Crippen LogP contribution in [0, 0.1) is 0 Å². The lowest BCUT2D eigenvalue weighted by Crippen LogP contribution is -2.26. The molecule has 72 valence electrons. The van der Waals surface area contributed by atoms with Crippen molar-refractivity contribution < 1.29 is 4.79 Å². The third-order valence-electron chi connectivity index (χ3n) is 1.76. The zero-order valence-corrected chi connectivity index (χ0v) is 9.20. The summed E-state index contributed by atoms with van der Waals surface area (Å²) in [6.45, 7) is 1.98. The molecule has 1 heterocycles. The maximum Gasteiger partial charge on any atom is 0.221 e. The van der Waals surface area contributed by atoms with Crippen molar-refractivity contribution in [3.63, 3.8) is 0 Å². The van der Waals surface area contributed by atoms with Gasteiger partial charge in [0.2, 0.25) is 5.91 Å². The quantitative estimate of drug-likeness (QED) is 0.741. The van der Waals surface area contributed by atoms with E-state index in [4.69, 9.17) is 0 Å². The number of carbonyl (C=O) groups excluding carboxylic acids is 1. The van der Waals surface area contributed by atoms with Gasteiger partial charge in [-0.1, -0.05) is 0 Å². The highest BCUT2D eigenvalue weighted by Gasteiger charge is 2.08. The number of amides is 1. The molecule has 1 aromatic rings. The number of hydrogen-bond donors (Lipinski definition) is 2. The number of thiol groups is 1. The summed E-state index contributed by atoms with van der Waals surface area (Å²) in [5.74, 6) is 0.663. The first-order valence-corrected chi connectivity index (χ1v) is 5.74. The largest absolute Gasteiger partial charge is 0.350 e. The molecule has 0 bridgehead atoms. The lowest BCUT2D eigenvalue weighted by Gasteiger charge is -2.11. The zero-order valence-electron chi connectivity index (χ0n) is 7.49. The maximum atomic E-state index is 11.2. The second-order valence-corrected chi connectivity index (χ2v) is 4.05. The van der Waals surface area contributed by atoms with E-state index >= 15 is 0 Å². The van der Waals surface area contributed by atoms with Gasteiger partial charge in [-0.3, -0.25) is 4.79 Å². The van der Waals surface area contributed by atoms with E-state index in [9.17, 15) is 4.79 Å². The van der Waals surface area contributed by atoms with Gasteiger partial charge in [0.15, 0.2) is 0 Å². The normalized spacial score (nSPS) is 12.5. The molecule has 0 aliphatic carbocycles. The fraction of sp³-hybridized carbons (Fsp3) is 0.444. The van der Waals surface area contributed by atoms with Crippen LogP contribution < -0.4 is 5.32 Å². The molecule has 1 aromatic heterocycles. The lowest BCUT2D eigenvalue weighted by molar-refractivity contribution is -0.121. The molecule has 0 aliphatic heterocycles. The molecule has 0 fully saturated rings. The first-order chi connectivity index (χ1) is 6.24. The van der Waals surface area contributed by atoms with Crippen LogP contribution >= 0.6 is 24.0 Å². The molecule has 1 rings (SSSR count). The van der Waals surface area contributed by atoms with Gasteiger partial charge in [-0.25, -0.2) is 0 Å². The van der Waals surface area contributed by atoms with Crippen molar-refractivity contribution in [2.45, 2.75) is 19.4 Å². The minimum atomic E-state index is 0.0636. The summed E-state index contributed by atoms with van der Waals surface area (Å²) in [6, 6.07) is 2.13. The summed E-state index contributed by atoms with van der Waals surface area (Å²) in [6.07, 6.45) is 0.484. The van der Waals surface area contributed by atoms with Crippen LogP contribution in [0.5, 0.6) is 0 Å². The van der Waals surface area contributed by atoms with Gasteiger partial charge < -0.3 is 5.32 Å². The van der Waals surface area contributed by atoms with Gasteiger partial charge >= 0.3 is 0 Å². The zero-order chi connectivity index (χ0) is 9.68. The molecule has 0 aromatic carbocycles. The Kier molecular flexibility index (Phi) is 4.32. The van der Waals surface area contributed by atoms with Crippen molar-refractivity contribution in [3.05, 3.63) is 22.4 Å². The molecule has 1 atom stereocenters. The number of rotatable bonds is 4. The molecule has 1 unspecified atom stereocenters. The molecule has 0 spiro atoms. The Balaban J connectivity index is 2.42. The second-order valence-electron chi connectivity index (χ2n) is 2.82. The van der Waals surface area contributed by atoms with Crippen LogP contribution in [0.4, 0.5) is 0 Å². The minimum absolute atomic E-state index is 0.0636. The van der Waals surface area contributed by atoms with Crippen molar-refractivity contribution in [2.75, 3.05) is 5.75 Å². The van der Waals surface area contributed by atoms with E-state index < -0.39 is 0 Å². The standard InChI is InChI=1S/C9H13NOS2/c1-7(8-3-5-13-6-8)10-9(11)2-4-12/h3,5-7,12H,2,4H2,1H3,(H,10,11). The predicted octanol–water partition coefficient (Wildman–Crippen LogP) is 2.25. The molecule has 0 radical (unpaired) electrons. The van der Waals surface area contributed by atoms with Crippen LogP contribution in [-0.4, -0.2) is 11.7 Å². The highest BCUT2D eigenvalue weighted by molar-refractivity contribution is 7.80. The summed E-state index contributed by atoms with van der Waals surface area (Å²) in [4.78, 5) is 11.2. The molecule has 2 nitrogen and oxygen atoms in total. The van der Waals surface area contributed by atoms with Crippen LogP contribution in [0.15, 0.2) is 16.8 Å². The average Bonchev–Trinajstić information content (AvgIpc) is 2.55. The van der Waals surface area contributed by atoms with Crippen LogP contribution in [0.3, 0.4) is 0 Å². The summed E-state index contributed by atoms with van der Waals surface area (Å²) >= 11 is 5.64. The molecule has 4 heteroatoms. The van der Waals surface area contributed by atoms with Crippen LogP contribution in [0.1, 0.15) is 24.9 Å². The Bertz CT molecular complexity index is 259. The van der Waals surface area contributed by atoms with Gasteiger partial charge in [-0.05, 0) is 35.1 Å². The third-order valence-corrected chi connectivity index (χ3v) is 2.68. The second kappa shape index (κ2) is 5.29. The van der Waals surface area contributed by atoms with E-state index in [1.165, 1.54) is 0 Å². The number of carbonyl (C=O) groups is 1. The Labute approximate surface area is 87.8 Å². The molecule has 13 heavy (non-hydrogen) atoms. The molecule has 0 saturated carbocycles. The molecular weight excluding hydrogens is 202 g/mol. The highest BCUT2D eigenvalue weighted by Crippen LogP contribution is 2.15. The Morgan fingerprint density at radius 1 is 1.77 bits per heavy atom. The van der Waals surface area contributed by atoms with E-state index in [-0.39, 0.29) is 11.9 Å². The number of hydrogen-bond acceptors (Lipinski definition) is 3.